The molecule has 0 bridgehead atoms. The molecular formula is C14H24N4O2S. The van der Waals surface area contributed by atoms with E-state index in [1.54, 1.807) is 14.1 Å². The Labute approximate surface area is 129 Å². The van der Waals surface area contributed by atoms with E-state index in [0.717, 1.165) is 6.54 Å². The van der Waals surface area contributed by atoms with Gasteiger partial charge in [-0.05, 0) is 12.8 Å². The maximum atomic E-state index is 12.2. The number of nitrogens with zero attached hydrogens (tertiary/aromatic N) is 2. The van der Waals surface area contributed by atoms with Gasteiger partial charge in [-0.1, -0.05) is 13.8 Å². The molecule has 0 spiro atoms. The molecule has 0 atom stereocenters. The molecule has 0 saturated heterocycles. The zero-order valence-corrected chi connectivity index (χ0v) is 14.1. The molecule has 1 aromatic heterocycles. The zero-order valence-electron chi connectivity index (χ0n) is 13.3. The second kappa shape index (κ2) is 6.80. The van der Waals surface area contributed by atoms with E-state index >= 15 is 0 Å². The molecular weight excluding hydrogens is 288 g/mol. The summed E-state index contributed by atoms with van der Waals surface area (Å²) in [6.45, 7) is 7.67. The van der Waals surface area contributed by atoms with Crippen molar-refractivity contribution in [1.29, 1.82) is 0 Å². The van der Waals surface area contributed by atoms with Crippen LogP contribution in [-0.4, -0.2) is 43.9 Å². The van der Waals surface area contributed by atoms with Crippen molar-refractivity contribution >= 4 is 33.8 Å². The Kier molecular flexibility index (Phi) is 5.60. The molecule has 21 heavy (non-hydrogen) atoms. The van der Waals surface area contributed by atoms with Gasteiger partial charge in [0, 0.05) is 27.2 Å². The number of thiophene rings is 1. The summed E-state index contributed by atoms with van der Waals surface area (Å²) in [6, 6.07) is 0. The van der Waals surface area contributed by atoms with Crippen molar-refractivity contribution < 1.29 is 9.59 Å². The minimum absolute atomic E-state index is 0.184. The van der Waals surface area contributed by atoms with Crippen LogP contribution in [0.25, 0.3) is 0 Å². The Morgan fingerprint density at radius 2 is 1.86 bits per heavy atom. The molecule has 1 heterocycles. The standard InChI is InChI=1S/C14H24N4O2S/c1-6-18(7-8(2)3)14-9(12(16)19)10(15)11(21-14)13(20)17(4)5/h8H,6-7,15H2,1-5H3,(H2,16,19). The van der Waals surface area contributed by atoms with Gasteiger partial charge in [-0.2, -0.15) is 0 Å². The molecule has 0 radical (unpaired) electrons. The van der Waals surface area contributed by atoms with Crippen LogP contribution in [0.5, 0.6) is 0 Å². The van der Waals surface area contributed by atoms with Gasteiger partial charge in [-0.3, -0.25) is 9.59 Å². The van der Waals surface area contributed by atoms with Crippen LogP contribution < -0.4 is 16.4 Å². The number of hydrogen-bond donors (Lipinski definition) is 2. The van der Waals surface area contributed by atoms with Gasteiger partial charge in [0.1, 0.15) is 9.88 Å². The third-order valence-corrected chi connectivity index (χ3v) is 4.28. The number of amides is 2. The lowest BCUT2D eigenvalue weighted by molar-refractivity contribution is 0.0833. The molecule has 118 valence electrons. The largest absolute Gasteiger partial charge is 0.397 e. The van der Waals surface area contributed by atoms with Gasteiger partial charge in [0.25, 0.3) is 11.8 Å². The first-order chi connectivity index (χ1) is 9.70. The number of rotatable bonds is 6. The summed E-state index contributed by atoms with van der Waals surface area (Å²) in [5.41, 5.74) is 11.9. The van der Waals surface area contributed by atoms with E-state index in [-0.39, 0.29) is 17.2 Å². The fraction of sp³-hybridized carbons (Fsp3) is 0.571. The number of hydrogen-bond acceptors (Lipinski definition) is 5. The third-order valence-electron chi connectivity index (χ3n) is 3.03. The van der Waals surface area contributed by atoms with Crippen molar-refractivity contribution in [2.75, 3.05) is 37.8 Å². The van der Waals surface area contributed by atoms with Gasteiger partial charge in [0.15, 0.2) is 0 Å². The molecule has 7 heteroatoms. The summed E-state index contributed by atoms with van der Waals surface area (Å²) >= 11 is 1.23. The van der Waals surface area contributed by atoms with Gasteiger partial charge in [0.2, 0.25) is 0 Å². The van der Waals surface area contributed by atoms with Crippen molar-refractivity contribution in [3.63, 3.8) is 0 Å². The Morgan fingerprint density at radius 1 is 1.29 bits per heavy atom. The highest BCUT2D eigenvalue weighted by Crippen LogP contribution is 2.38. The second-order valence-electron chi connectivity index (χ2n) is 5.52. The first-order valence-electron chi connectivity index (χ1n) is 6.89. The summed E-state index contributed by atoms with van der Waals surface area (Å²) in [6.07, 6.45) is 0. The van der Waals surface area contributed by atoms with Crippen LogP contribution in [0.15, 0.2) is 0 Å². The van der Waals surface area contributed by atoms with E-state index < -0.39 is 5.91 Å². The summed E-state index contributed by atoms with van der Waals surface area (Å²) in [5.74, 6) is -0.396. The number of carbonyl (C=O) groups is 2. The molecule has 4 N–H and O–H groups in total. The number of primary amides is 1. The summed E-state index contributed by atoms with van der Waals surface area (Å²) in [5, 5.41) is 0.682. The van der Waals surface area contributed by atoms with Gasteiger partial charge in [0.05, 0.1) is 11.3 Å². The van der Waals surface area contributed by atoms with Crippen molar-refractivity contribution in [3.05, 3.63) is 10.4 Å². The van der Waals surface area contributed by atoms with Crippen LogP contribution in [0.1, 0.15) is 40.8 Å². The molecule has 0 aliphatic carbocycles. The highest BCUT2D eigenvalue weighted by atomic mass is 32.1. The van der Waals surface area contributed by atoms with E-state index in [1.807, 2.05) is 11.8 Å². The number of nitrogens with two attached hydrogens (primary N) is 2. The predicted octanol–water partition coefficient (Wildman–Crippen LogP) is 1.61. The van der Waals surface area contributed by atoms with Crippen LogP contribution in [0.2, 0.25) is 0 Å². The minimum Gasteiger partial charge on any atom is -0.397 e. The molecule has 0 fully saturated rings. The normalized spacial score (nSPS) is 10.8. The molecule has 0 saturated carbocycles. The lowest BCUT2D eigenvalue weighted by atomic mass is 10.1. The minimum atomic E-state index is -0.598. The summed E-state index contributed by atoms with van der Waals surface area (Å²) < 4.78 is 0. The average Bonchev–Trinajstić information content (AvgIpc) is 2.72. The van der Waals surface area contributed by atoms with E-state index in [2.05, 4.69) is 13.8 Å². The molecule has 0 aliphatic rings. The highest BCUT2D eigenvalue weighted by Gasteiger charge is 2.27. The molecule has 0 unspecified atom stereocenters. The molecule has 1 rings (SSSR count). The fourth-order valence-corrected chi connectivity index (χ4v) is 3.37. The fourth-order valence-electron chi connectivity index (χ4n) is 2.05. The Bertz CT molecular complexity index is 537. The Hall–Kier alpha value is -1.76. The van der Waals surface area contributed by atoms with Gasteiger partial charge >= 0.3 is 0 Å². The first-order valence-corrected chi connectivity index (χ1v) is 7.70. The average molecular weight is 312 g/mol. The van der Waals surface area contributed by atoms with Crippen LogP contribution in [-0.2, 0) is 0 Å². The first kappa shape index (κ1) is 17.3. The molecule has 0 aliphatic heterocycles. The highest BCUT2D eigenvalue weighted by molar-refractivity contribution is 7.19. The number of anilines is 2. The van der Waals surface area contributed by atoms with Crippen LogP contribution in [0.3, 0.4) is 0 Å². The lowest BCUT2D eigenvalue weighted by Crippen LogP contribution is -2.28. The summed E-state index contributed by atoms with van der Waals surface area (Å²) in [7, 11) is 3.30. The monoisotopic (exact) mass is 312 g/mol. The van der Waals surface area contributed by atoms with Gasteiger partial charge < -0.3 is 21.3 Å². The van der Waals surface area contributed by atoms with Crippen molar-refractivity contribution in [3.8, 4) is 0 Å². The molecule has 1 aromatic rings. The van der Waals surface area contributed by atoms with Crippen molar-refractivity contribution in [1.82, 2.24) is 4.90 Å². The van der Waals surface area contributed by atoms with E-state index in [4.69, 9.17) is 11.5 Å². The number of carbonyl (C=O) groups excluding carboxylic acids is 2. The quantitative estimate of drug-likeness (QED) is 0.834. The van der Waals surface area contributed by atoms with E-state index in [0.29, 0.717) is 22.3 Å². The van der Waals surface area contributed by atoms with Crippen LogP contribution >= 0.6 is 11.3 Å². The van der Waals surface area contributed by atoms with Gasteiger partial charge in [-0.25, -0.2) is 0 Å². The number of nitrogen functional groups attached to an aromatic ring is 1. The summed E-state index contributed by atoms with van der Waals surface area (Å²) in [4.78, 5) is 27.8. The maximum absolute atomic E-state index is 12.2. The predicted molar refractivity (Wildman–Crippen MR) is 88.0 cm³/mol. The van der Waals surface area contributed by atoms with Crippen LogP contribution in [0, 0.1) is 5.92 Å². The Morgan fingerprint density at radius 3 is 2.24 bits per heavy atom. The van der Waals surface area contributed by atoms with E-state index in [1.165, 1.54) is 16.2 Å². The lowest BCUT2D eigenvalue weighted by Gasteiger charge is -2.24. The maximum Gasteiger partial charge on any atom is 0.265 e. The zero-order chi connectivity index (χ0) is 16.3. The SMILES string of the molecule is CCN(CC(C)C)c1sc(C(=O)N(C)C)c(N)c1C(N)=O. The third kappa shape index (κ3) is 3.66. The topological polar surface area (TPSA) is 92.7 Å². The Balaban J connectivity index is 3.40. The smallest absolute Gasteiger partial charge is 0.265 e. The van der Waals surface area contributed by atoms with E-state index in [9.17, 15) is 9.59 Å². The van der Waals surface area contributed by atoms with Gasteiger partial charge in [-0.15, -0.1) is 11.3 Å². The van der Waals surface area contributed by atoms with Crippen LogP contribution in [0.4, 0.5) is 10.7 Å². The van der Waals surface area contributed by atoms with Crippen molar-refractivity contribution in [2.45, 2.75) is 20.8 Å². The second-order valence-corrected chi connectivity index (χ2v) is 6.52. The van der Waals surface area contributed by atoms with Crippen molar-refractivity contribution in [2.24, 2.45) is 11.7 Å². The molecule has 2 amide bonds. The molecule has 0 aromatic carbocycles. The molecule has 6 nitrogen and oxygen atoms in total.